The van der Waals surface area contributed by atoms with E-state index in [0.29, 0.717) is 0 Å². The number of hydrogen-bond acceptors (Lipinski definition) is 1. The van der Waals surface area contributed by atoms with Crippen LogP contribution in [0.4, 0.5) is 114 Å². The maximum absolute atomic E-state index is 14.0. The lowest BCUT2D eigenvalue weighted by molar-refractivity contribution is -0.455. The Hall–Kier alpha value is -1.86. The molecule has 0 rings (SSSR count). The van der Waals surface area contributed by atoms with Gasteiger partial charge in [0.25, 0.3) is 0 Å². The Balaban J connectivity index is 6.92. The van der Waals surface area contributed by atoms with Gasteiger partial charge < -0.3 is 4.74 Å². The summed E-state index contributed by atoms with van der Waals surface area (Å²) in [6.45, 7) is -2.20. The summed E-state index contributed by atoms with van der Waals surface area (Å²) < 4.78 is 345. The standard InChI is InChI=1S/C16H8F26O/c1-3(5(17,18)9(23,24)11(27,28)7(21,13(31,32)33)14(34,35)36)43-4(2)6(19,20)10(25,26)12(29,30)8(22,15(37,38)39)16(40,41)42/h3-4H,1-2H3. The Labute approximate surface area is 218 Å². The van der Waals surface area contributed by atoms with Gasteiger partial charge in [0, 0.05) is 0 Å². The smallest absolute Gasteiger partial charge is 0.363 e. The fourth-order valence-corrected chi connectivity index (χ4v) is 2.87. The average Bonchev–Trinajstić information content (AvgIpc) is 2.73. The molecule has 0 saturated heterocycles. The lowest BCUT2D eigenvalue weighted by Crippen LogP contribution is -2.75. The van der Waals surface area contributed by atoms with Crippen molar-refractivity contribution in [3.63, 3.8) is 0 Å². The third-order valence-corrected chi connectivity index (χ3v) is 5.48. The largest absolute Gasteiger partial charge is 0.438 e. The van der Waals surface area contributed by atoms with E-state index < -0.39 is 97.6 Å². The quantitative estimate of drug-likeness (QED) is 0.206. The Kier molecular flexibility index (Phi) is 9.89. The fraction of sp³-hybridized carbons (Fsp3) is 1.00. The molecule has 0 aromatic rings. The van der Waals surface area contributed by atoms with Gasteiger partial charge >= 0.3 is 71.6 Å². The molecule has 0 saturated carbocycles. The zero-order valence-corrected chi connectivity index (χ0v) is 19.4. The van der Waals surface area contributed by atoms with Crippen molar-refractivity contribution in [3.05, 3.63) is 0 Å². The van der Waals surface area contributed by atoms with Gasteiger partial charge in [-0.1, -0.05) is 0 Å². The summed E-state index contributed by atoms with van der Waals surface area (Å²) in [7, 11) is 0. The minimum Gasteiger partial charge on any atom is -0.363 e. The van der Waals surface area contributed by atoms with E-state index in [0.717, 1.165) is 0 Å². The zero-order chi connectivity index (χ0) is 35.9. The normalized spacial score (nSPS) is 18.1. The molecular formula is C16H8F26O. The highest BCUT2D eigenvalue weighted by atomic mass is 19.4. The van der Waals surface area contributed by atoms with Crippen LogP contribution in [0.2, 0.25) is 0 Å². The second-order valence-corrected chi connectivity index (χ2v) is 8.27. The third-order valence-electron chi connectivity index (χ3n) is 5.48. The molecule has 27 heteroatoms. The van der Waals surface area contributed by atoms with Crippen LogP contribution in [0.5, 0.6) is 0 Å². The van der Waals surface area contributed by atoms with Crippen LogP contribution in [-0.4, -0.2) is 83.8 Å². The highest BCUT2D eigenvalue weighted by Crippen LogP contribution is 2.64. The number of alkyl halides is 26. The van der Waals surface area contributed by atoms with Gasteiger partial charge in [0.1, 0.15) is 12.2 Å². The van der Waals surface area contributed by atoms with Gasteiger partial charge in [-0.2, -0.15) is 105 Å². The van der Waals surface area contributed by atoms with E-state index in [1.54, 1.807) is 0 Å². The van der Waals surface area contributed by atoms with Crippen molar-refractivity contribution in [3.8, 4) is 0 Å². The topological polar surface area (TPSA) is 9.23 Å². The first-order valence-electron chi connectivity index (χ1n) is 9.62. The first-order valence-corrected chi connectivity index (χ1v) is 9.62. The molecule has 2 atom stereocenters. The van der Waals surface area contributed by atoms with Crippen LogP contribution in [0.25, 0.3) is 0 Å². The third kappa shape index (κ3) is 5.38. The van der Waals surface area contributed by atoms with Gasteiger partial charge in [-0.05, 0) is 13.8 Å². The molecule has 0 amide bonds. The molecule has 0 radical (unpaired) electrons. The molecule has 1 nitrogen and oxygen atoms in total. The predicted octanol–water partition coefficient (Wildman–Crippen LogP) is 9.26. The summed E-state index contributed by atoms with van der Waals surface area (Å²) in [5.74, 6) is -49.6. The SMILES string of the molecule is CC(OC(C)C(F)(F)C(F)(F)C(F)(F)C(F)(C(F)(F)F)C(F)(F)F)C(F)(F)C(F)(F)C(F)(F)C(F)(C(F)(F)F)C(F)(F)F. The van der Waals surface area contributed by atoms with Gasteiger partial charge in [-0.3, -0.25) is 0 Å². The minimum absolute atomic E-state index is 1.10. The molecule has 0 heterocycles. The van der Waals surface area contributed by atoms with Crippen LogP contribution < -0.4 is 0 Å². The van der Waals surface area contributed by atoms with Crippen molar-refractivity contribution >= 4 is 0 Å². The molecule has 0 aliphatic heterocycles. The van der Waals surface area contributed by atoms with Crippen LogP contribution in [0.15, 0.2) is 0 Å². The molecule has 0 bridgehead atoms. The molecule has 43 heavy (non-hydrogen) atoms. The second kappa shape index (κ2) is 10.3. The summed E-state index contributed by atoms with van der Waals surface area (Å²) in [6.07, 6.45) is -43.0. The predicted molar refractivity (Wildman–Crippen MR) is 81.6 cm³/mol. The number of halogens is 26. The van der Waals surface area contributed by atoms with Crippen molar-refractivity contribution in [1.82, 2.24) is 0 Å². The van der Waals surface area contributed by atoms with Crippen LogP contribution >= 0.6 is 0 Å². The van der Waals surface area contributed by atoms with Gasteiger partial charge in [0.2, 0.25) is 0 Å². The summed E-state index contributed by atoms with van der Waals surface area (Å²) in [5, 5.41) is 0. The molecule has 0 fully saturated rings. The summed E-state index contributed by atoms with van der Waals surface area (Å²) >= 11 is 0. The molecule has 260 valence electrons. The van der Waals surface area contributed by atoms with E-state index in [-0.39, 0.29) is 0 Å². The Morgan fingerprint density at radius 3 is 0.605 bits per heavy atom. The van der Waals surface area contributed by atoms with E-state index in [1.807, 2.05) is 0 Å². The highest BCUT2D eigenvalue weighted by Gasteiger charge is 2.95. The van der Waals surface area contributed by atoms with E-state index in [2.05, 4.69) is 4.74 Å². The maximum Gasteiger partial charge on any atom is 0.438 e. The highest BCUT2D eigenvalue weighted by molar-refractivity contribution is 5.17. The van der Waals surface area contributed by atoms with E-state index >= 15 is 0 Å². The monoisotopic (exact) mass is 710 g/mol. The zero-order valence-electron chi connectivity index (χ0n) is 19.4. The Bertz CT molecular complexity index is 871. The van der Waals surface area contributed by atoms with Gasteiger partial charge in [0.15, 0.2) is 0 Å². The van der Waals surface area contributed by atoms with Gasteiger partial charge in [-0.15, -0.1) is 0 Å². The van der Waals surface area contributed by atoms with Crippen LogP contribution in [-0.2, 0) is 4.74 Å². The van der Waals surface area contributed by atoms with Crippen molar-refractivity contribution in [2.24, 2.45) is 0 Å². The summed E-state index contributed by atoms with van der Waals surface area (Å²) in [6, 6.07) is 0. The van der Waals surface area contributed by atoms with Crippen molar-refractivity contribution in [2.75, 3.05) is 0 Å². The van der Waals surface area contributed by atoms with Gasteiger partial charge in [0.05, 0.1) is 0 Å². The first kappa shape index (κ1) is 41.1. The van der Waals surface area contributed by atoms with Crippen LogP contribution in [0, 0.1) is 0 Å². The van der Waals surface area contributed by atoms with Crippen LogP contribution in [0.3, 0.4) is 0 Å². The summed E-state index contributed by atoms with van der Waals surface area (Å²) in [5.41, 5.74) is -17.2. The molecule has 0 N–H and O–H groups in total. The number of rotatable bonds is 10. The summed E-state index contributed by atoms with van der Waals surface area (Å²) in [4.78, 5) is 0. The molecule has 0 aromatic heterocycles. The molecule has 2 unspecified atom stereocenters. The van der Waals surface area contributed by atoms with Crippen molar-refractivity contribution in [2.45, 2.75) is 97.6 Å². The van der Waals surface area contributed by atoms with Crippen molar-refractivity contribution in [1.29, 1.82) is 0 Å². The minimum atomic E-state index is -8.74. The Morgan fingerprint density at radius 1 is 0.302 bits per heavy atom. The lowest BCUT2D eigenvalue weighted by atomic mass is 9.85. The number of hydrogen-bond donors (Lipinski definition) is 0. The van der Waals surface area contributed by atoms with E-state index in [1.165, 1.54) is 0 Å². The second-order valence-electron chi connectivity index (χ2n) is 8.27. The van der Waals surface area contributed by atoms with Gasteiger partial charge in [-0.25, -0.2) is 8.78 Å². The molecule has 0 aliphatic rings. The number of ether oxygens (including phenoxy) is 1. The van der Waals surface area contributed by atoms with Crippen molar-refractivity contribution < 1.29 is 119 Å². The van der Waals surface area contributed by atoms with E-state index in [9.17, 15) is 114 Å². The lowest BCUT2D eigenvalue weighted by Gasteiger charge is -2.44. The first-order chi connectivity index (χ1) is 18.0. The fourth-order valence-electron chi connectivity index (χ4n) is 2.87. The molecular weight excluding hydrogens is 702 g/mol. The molecule has 0 spiro atoms. The van der Waals surface area contributed by atoms with E-state index in [4.69, 9.17) is 0 Å². The Morgan fingerprint density at radius 2 is 0.465 bits per heavy atom. The molecule has 0 aromatic carbocycles. The average molecular weight is 710 g/mol. The van der Waals surface area contributed by atoms with Crippen LogP contribution in [0.1, 0.15) is 13.8 Å². The maximum atomic E-state index is 14.0. The molecule has 0 aliphatic carbocycles.